The number of amides is 2. The molecule has 0 radical (unpaired) electrons. The van der Waals surface area contributed by atoms with Gasteiger partial charge in [-0.25, -0.2) is 4.79 Å². The summed E-state index contributed by atoms with van der Waals surface area (Å²) >= 11 is 0. The molecule has 5 heteroatoms. The third kappa shape index (κ3) is 6.26. The van der Waals surface area contributed by atoms with Crippen molar-refractivity contribution in [1.29, 1.82) is 0 Å². The fraction of sp³-hybridized carbons (Fsp3) is 0.867. The third-order valence-corrected chi connectivity index (χ3v) is 3.43. The van der Waals surface area contributed by atoms with Gasteiger partial charge in [-0.05, 0) is 46.5 Å². The van der Waals surface area contributed by atoms with E-state index in [0.29, 0.717) is 13.0 Å². The first-order valence-electron chi connectivity index (χ1n) is 7.58. The van der Waals surface area contributed by atoms with E-state index in [-0.39, 0.29) is 24.0 Å². The van der Waals surface area contributed by atoms with Gasteiger partial charge in [-0.2, -0.15) is 0 Å². The van der Waals surface area contributed by atoms with Gasteiger partial charge in [-0.1, -0.05) is 12.8 Å². The van der Waals surface area contributed by atoms with E-state index in [1.54, 1.807) is 0 Å². The molecule has 1 saturated carbocycles. The number of alkyl carbamates (subject to hydrolysis) is 1. The Kier molecular flexibility index (Phi) is 6.30. The lowest BCUT2D eigenvalue weighted by Gasteiger charge is -2.32. The maximum atomic E-state index is 11.9. The second-order valence-corrected chi connectivity index (χ2v) is 6.45. The molecular weight excluding hydrogens is 256 g/mol. The summed E-state index contributed by atoms with van der Waals surface area (Å²) in [5.41, 5.74) is -0.492. The minimum Gasteiger partial charge on any atom is -0.444 e. The third-order valence-electron chi connectivity index (χ3n) is 3.43. The molecule has 1 aliphatic rings. The molecule has 0 bridgehead atoms. The van der Waals surface area contributed by atoms with Crippen molar-refractivity contribution in [3.8, 4) is 0 Å². The Bertz CT molecular complexity index is 337. The van der Waals surface area contributed by atoms with E-state index < -0.39 is 5.60 Å². The van der Waals surface area contributed by atoms with Gasteiger partial charge in [0, 0.05) is 19.0 Å². The van der Waals surface area contributed by atoms with Crippen LogP contribution in [0.4, 0.5) is 4.79 Å². The van der Waals surface area contributed by atoms with E-state index in [0.717, 1.165) is 25.7 Å². The highest BCUT2D eigenvalue weighted by Crippen LogP contribution is 2.27. The first-order chi connectivity index (χ1) is 9.31. The van der Waals surface area contributed by atoms with Crippen LogP contribution in [0.5, 0.6) is 0 Å². The molecule has 1 aliphatic carbocycles. The second-order valence-electron chi connectivity index (χ2n) is 6.45. The zero-order chi connectivity index (χ0) is 15.2. The number of ether oxygens (including phenoxy) is 1. The fourth-order valence-corrected chi connectivity index (χ4v) is 2.61. The monoisotopic (exact) mass is 284 g/mol. The fourth-order valence-electron chi connectivity index (χ4n) is 2.61. The molecule has 0 aromatic carbocycles. The van der Waals surface area contributed by atoms with Crippen LogP contribution in [-0.4, -0.2) is 30.2 Å². The first-order valence-corrected chi connectivity index (χ1v) is 7.58. The highest BCUT2D eigenvalue weighted by Gasteiger charge is 2.29. The Morgan fingerprint density at radius 3 is 2.45 bits per heavy atom. The minimum atomic E-state index is -0.492. The maximum absolute atomic E-state index is 11.9. The summed E-state index contributed by atoms with van der Waals surface area (Å²) in [6.07, 6.45) is 4.21. The number of carbonyl (C=O) groups excluding carboxylic acids is 2. The largest absolute Gasteiger partial charge is 0.444 e. The quantitative estimate of drug-likeness (QED) is 0.834. The van der Waals surface area contributed by atoms with Crippen LogP contribution in [0.2, 0.25) is 0 Å². The molecule has 116 valence electrons. The van der Waals surface area contributed by atoms with Gasteiger partial charge in [0.25, 0.3) is 0 Å². The predicted octanol–water partition coefficient (Wildman–Crippen LogP) is 2.60. The van der Waals surface area contributed by atoms with E-state index in [1.165, 1.54) is 0 Å². The molecule has 2 atom stereocenters. The van der Waals surface area contributed by atoms with E-state index in [2.05, 4.69) is 10.6 Å². The van der Waals surface area contributed by atoms with Crippen LogP contribution in [0.3, 0.4) is 0 Å². The topological polar surface area (TPSA) is 67.4 Å². The molecule has 0 aromatic heterocycles. The Balaban J connectivity index is 2.51. The van der Waals surface area contributed by atoms with E-state index in [4.69, 9.17) is 4.74 Å². The molecule has 0 aliphatic heterocycles. The summed E-state index contributed by atoms with van der Waals surface area (Å²) in [6, 6.07) is 0.0428. The number of carbonyl (C=O) groups is 2. The molecule has 0 aromatic rings. The minimum absolute atomic E-state index is 0.0428. The van der Waals surface area contributed by atoms with Crippen molar-refractivity contribution in [3.63, 3.8) is 0 Å². The molecule has 2 N–H and O–H groups in total. The molecule has 1 rings (SSSR count). The maximum Gasteiger partial charge on any atom is 0.407 e. The summed E-state index contributed by atoms with van der Waals surface area (Å²) in [6.45, 7) is 8.10. The summed E-state index contributed by atoms with van der Waals surface area (Å²) in [5.74, 6) is 0.276. The van der Waals surface area contributed by atoms with Gasteiger partial charge in [-0.15, -0.1) is 0 Å². The zero-order valence-corrected chi connectivity index (χ0v) is 13.1. The number of hydrogen-bond acceptors (Lipinski definition) is 3. The lowest BCUT2D eigenvalue weighted by molar-refractivity contribution is -0.122. The Morgan fingerprint density at radius 1 is 1.20 bits per heavy atom. The van der Waals surface area contributed by atoms with Crippen molar-refractivity contribution in [1.82, 2.24) is 10.6 Å². The van der Waals surface area contributed by atoms with Crippen LogP contribution in [0.15, 0.2) is 0 Å². The lowest BCUT2D eigenvalue weighted by Crippen LogP contribution is -2.45. The van der Waals surface area contributed by atoms with Gasteiger partial charge in [0.05, 0.1) is 0 Å². The van der Waals surface area contributed by atoms with Crippen LogP contribution in [0, 0.1) is 5.92 Å². The first kappa shape index (κ1) is 16.8. The lowest BCUT2D eigenvalue weighted by atomic mass is 9.82. The molecule has 0 saturated heterocycles. The van der Waals surface area contributed by atoms with Crippen molar-refractivity contribution < 1.29 is 14.3 Å². The highest BCUT2D eigenvalue weighted by molar-refractivity contribution is 5.76. The van der Waals surface area contributed by atoms with Crippen molar-refractivity contribution in [3.05, 3.63) is 0 Å². The summed E-state index contributed by atoms with van der Waals surface area (Å²) in [5, 5.41) is 5.75. The van der Waals surface area contributed by atoms with Gasteiger partial charge < -0.3 is 15.4 Å². The summed E-state index contributed by atoms with van der Waals surface area (Å²) < 4.78 is 5.29. The average Bonchev–Trinajstić information content (AvgIpc) is 2.29. The Morgan fingerprint density at radius 2 is 1.85 bits per heavy atom. The average molecular weight is 284 g/mol. The van der Waals surface area contributed by atoms with Crippen molar-refractivity contribution in [2.24, 2.45) is 5.92 Å². The molecule has 0 spiro atoms. The molecule has 1 fully saturated rings. The van der Waals surface area contributed by atoms with Gasteiger partial charge >= 0.3 is 6.09 Å². The molecule has 0 heterocycles. The second kappa shape index (κ2) is 7.50. The molecule has 20 heavy (non-hydrogen) atoms. The van der Waals surface area contributed by atoms with Crippen molar-refractivity contribution in [2.75, 3.05) is 6.54 Å². The van der Waals surface area contributed by atoms with Gasteiger partial charge in [0.15, 0.2) is 0 Å². The van der Waals surface area contributed by atoms with E-state index >= 15 is 0 Å². The standard InChI is InChI=1S/C15H28N2O3/c1-5-16-13(18)10-11-8-6-7-9-12(11)17-14(19)20-15(2,3)4/h11-12H,5-10H2,1-4H3,(H,16,18)(H,17,19)/t11-,12+/m1/s1. The van der Waals surface area contributed by atoms with Crippen LogP contribution >= 0.6 is 0 Å². The van der Waals surface area contributed by atoms with Crippen molar-refractivity contribution in [2.45, 2.75) is 71.4 Å². The number of nitrogens with one attached hydrogen (secondary N) is 2. The van der Waals surface area contributed by atoms with Crippen LogP contribution in [0.25, 0.3) is 0 Å². The van der Waals surface area contributed by atoms with E-state index in [1.807, 2.05) is 27.7 Å². The Labute approximate surface area is 121 Å². The highest BCUT2D eigenvalue weighted by atomic mass is 16.6. The van der Waals surface area contributed by atoms with Gasteiger partial charge in [0.2, 0.25) is 5.91 Å². The Hall–Kier alpha value is -1.26. The number of hydrogen-bond donors (Lipinski definition) is 2. The van der Waals surface area contributed by atoms with Crippen LogP contribution in [0.1, 0.15) is 59.8 Å². The zero-order valence-electron chi connectivity index (χ0n) is 13.1. The smallest absolute Gasteiger partial charge is 0.407 e. The predicted molar refractivity (Wildman–Crippen MR) is 78.4 cm³/mol. The van der Waals surface area contributed by atoms with Crippen LogP contribution in [-0.2, 0) is 9.53 Å². The van der Waals surface area contributed by atoms with Crippen LogP contribution < -0.4 is 10.6 Å². The molecule has 5 nitrogen and oxygen atoms in total. The molecular formula is C15H28N2O3. The van der Waals surface area contributed by atoms with Gasteiger partial charge in [0.1, 0.15) is 5.60 Å². The molecule has 0 unspecified atom stereocenters. The van der Waals surface area contributed by atoms with E-state index in [9.17, 15) is 9.59 Å². The SMILES string of the molecule is CCNC(=O)C[C@H]1CCCC[C@@H]1NC(=O)OC(C)(C)C. The molecule has 2 amide bonds. The normalized spacial score (nSPS) is 23.0. The van der Waals surface area contributed by atoms with Crippen molar-refractivity contribution >= 4 is 12.0 Å². The number of rotatable bonds is 4. The van der Waals surface area contributed by atoms with Gasteiger partial charge in [-0.3, -0.25) is 4.79 Å². The summed E-state index contributed by atoms with van der Waals surface area (Å²) in [4.78, 5) is 23.6. The summed E-state index contributed by atoms with van der Waals surface area (Å²) in [7, 11) is 0.